The van der Waals surface area contributed by atoms with Gasteiger partial charge < -0.3 is 24.7 Å². The van der Waals surface area contributed by atoms with Crippen molar-refractivity contribution in [2.75, 3.05) is 13.7 Å². The highest BCUT2D eigenvalue weighted by Gasteiger charge is 2.21. The highest BCUT2D eigenvalue weighted by Crippen LogP contribution is 2.19. The molecule has 0 aromatic heterocycles. The fourth-order valence-corrected chi connectivity index (χ4v) is 2.08. The fraction of sp³-hybridized carbons (Fsp3) is 0.300. The Morgan fingerprint density at radius 2 is 2.03 bits per heavy atom. The molecule has 1 rings (SSSR count). The van der Waals surface area contributed by atoms with E-state index in [1.54, 1.807) is 19.1 Å². The first kappa shape index (κ1) is 23.4. The topological polar surface area (TPSA) is 124 Å². The summed E-state index contributed by atoms with van der Waals surface area (Å²) in [7, 11) is 1.38. The van der Waals surface area contributed by atoms with Crippen LogP contribution in [0, 0.1) is 0 Å². The van der Waals surface area contributed by atoms with Crippen molar-refractivity contribution in [2.24, 2.45) is 5.16 Å². The molecule has 0 spiro atoms. The zero-order valence-electron chi connectivity index (χ0n) is 16.2. The largest absolute Gasteiger partial charge is 0.507 e. The monoisotopic (exact) mass is 404 g/mol. The summed E-state index contributed by atoms with van der Waals surface area (Å²) in [5.41, 5.74) is -0.0125. The van der Waals surface area contributed by atoms with Gasteiger partial charge in [0.05, 0.1) is 19.2 Å². The molecule has 0 fully saturated rings. The SMILES string of the molecule is CCOC(=O)C[C@H](C/C=C/NC(=O)/C=C/C=N/OC)OC(=O)c1ccccc1O. The number of esters is 2. The van der Waals surface area contributed by atoms with Crippen molar-refractivity contribution in [3.05, 3.63) is 54.3 Å². The number of phenols is 1. The van der Waals surface area contributed by atoms with Gasteiger partial charge in [-0.05, 0) is 25.1 Å². The Morgan fingerprint density at radius 1 is 1.28 bits per heavy atom. The first-order chi connectivity index (χ1) is 14.0. The van der Waals surface area contributed by atoms with Gasteiger partial charge in [0.15, 0.2) is 0 Å². The van der Waals surface area contributed by atoms with E-state index in [0.717, 1.165) is 0 Å². The van der Waals surface area contributed by atoms with Crippen molar-refractivity contribution < 1.29 is 33.8 Å². The molecule has 0 saturated carbocycles. The van der Waals surface area contributed by atoms with E-state index in [1.807, 2.05) is 0 Å². The smallest absolute Gasteiger partial charge is 0.342 e. The normalized spacial score (nSPS) is 12.2. The maximum absolute atomic E-state index is 12.3. The van der Waals surface area contributed by atoms with Gasteiger partial charge in [-0.2, -0.15) is 0 Å². The summed E-state index contributed by atoms with van der Waals surface area (Å²) in [4.78, 5) is 40.1. The molecular formula is C20H24N2O7. The molecule has 0 aliphatic carbocycles. The third kappa shape index (κ3) is 9.76. The van der Waals surface area contributed by atoms with Crippen molar-refractivity contribution in [3.8, 4) is 5.75 Å². The van der Waals surface area contributed by atoms with Crippen LogP contribution in [0.3, 0.4) is 0 Å². The van der Waals surface area contributed by atoms with Crippen LogP contribution in [-0.2, 0) is 23.9 Å². The molecule has 9 heteroatoms. The Morgan fingerprint density at radius 3 is 2.72 bits per heavy atom. The van der Waals surface area contributed by atoms with Crippen LogP contribution < -0.4 is 5.32 Å². The summed E-state index contributed by atoms with van der Waals surface area (Å²) >= 11 is 0. The summed E-state index contributed by atoms with van der Waals surface area (Å²) < 4.78 is 10.2. The molecule has 2 N–H and O–H groups in total. The molecular weight excluding hydrogens is 380 g/mol. The zero-order chi connectivity index (χ0) is 21.5. The van der Waals surface area contributed by atoms with Gasteiger partial charge in [0.1, 0.15) is 24.5 Å². The second kappa shape index (κ2) is 13.5. The number of rotatable bonds is 11. The molecule has 0 radical (unpaired) electrons. The minimum Gasteiger partial charge on any atom is -0.507 e. The van der Waals surface area contributed by atoms with E-state index in [2.05, 4.69) is 15.3 Å². The summed E-state index contributed by atoms with van der Waals surface area (Å²) in [6.07, 6.45) is 5.98. The number of aromatic hydroxyl groups is 1. The van der Waals surface area contributed by atoms with Gasteiger partial charge in [-0.1, -0.05) is 23.4 Å². The lowest BCUT2D eigenvalue weighted by molar-refractivity contribution is -0.145. The van der Waals surface area contributed by atoms with Crippen molar-refractivity contribution >= 4 is 24.1 Å². The molecule has 0 heterocycles. The van der Waals surface area contributed by atoms with E-state index in [0.29, 0.717) is 0 Å². The van der Waals surface area contributed by atoms with Crippen molar-refractivity contribution in [3.63, 3.8) is 0 Å². The van der Waals surface area contributed by atoms with E-state index in [-0.39, 0.29) is 30.8 Å². The molecule has 1 aromatic carbocycles. The number of nitrogens with zero attached hydrogens (tertiary/aromatic N) is 1. The molecule has 0 aliphatic heterocycles. The van der Waals surface area contributed by atoms with Crippen LogP contribution in [0.2, 0.25) is 0 Å². The average Bonchev–Trinajstić information content (AvgIpc) is 2.69. The number of carbonyl (C=O) groups excluding carboxylic acids is 3. The van der Waals surface area contributed by atoms with Crippen molar-refractivity contribution in [2.45, 2.75) is 25.9 Å². The molecule has 1 amide bonds. The van der Waals surface area contributed by atoms with Gasteiger partial charge in [-0.3, -0.25) is 9.59 Å². The number of benzene rings is 1. The van der Waals surface area contributed by atoms with Crippen LogP contribution in [0.4, 0.5) is 0 Å². The Hall–Kier alpha value is -3.62. The Bertz CT molecular complexity index is 772. The van der Waals surface area contributed by atoms with Gasteiger partial charge in [0.2, 0.25) is 5.91 Å². The molecule has 1 aromatic rings. The third-order valence-corrected chi connectivity index (χ3v) is 3.34. The fourth-order valence-electron chi connectivity index (χ4n) is 2.08. The Balaban J connectivity index is 2.67. The maximum atomic E-state index is 12.3. The van der Waals surface area contributed by atoms with Gasteiger partial charge in [-0.15, -0.1) is 0 Å². The number of allylic oxidation sites excluding steroid dienone is 1. The number of hydrogen-bond acceptors (Lipinski definition) is 8. The van der Waals surface area contributed by atoms with Gasteiger partial charge in [-0.25, -0.2) is 4.79 Å². The third-order valence-electron chi connectivity index (χ3n) is 3.34. The van der Waals surface area contributed by atoms with Gasteiger partial charge in [0, 0.05) is 18.7 Å². The first-order valence-electron chi connectivity index (χ1n) is 8.81. The zero-order valence-corrected chi connectivity index (χ0v) is 16.2. The molecule has 0 saturated heterocycles. The van der Waals surface area contributed by atoms with Crippen LogP contribution in [0.25, 0.3) is 0 Å². The standard InChI is InChI=1S/C20H24N2O7/c1-3-28-19(25)14-15(29-20(26)16-9-4-5-10-17(16)23)8-6-12-21-18(24)11-7-13-22-27-2/h4-7,9-13,15,23H,3,8,14H2,1-2H3,(H,21,24)/b11-7+,12-6+,22-13+/t15-/m0/s1. The quantitative estimate of drug-likeness (QED) is 0.250. The van der Waals surface area contributed by atoms with Crippen LogP contribution >= 0.6 is 0 Å². The van der Waals surface area contributed by atoms with Crippen molar-refractivity contribution in [1.29, 1.82) is 0 Å². The summed E-state index contributed by atoms with van der Waals surface area (Å²) in [6.45, 7) is 1.87. The number of phenolic OH excluding ortho intramolecular Hbond substituents is 1. The summed E-state index contributed by atoms with van der Waals surface area (Å²) in [5.74, 6) is -1.92. The summed E-state index contributed by atoms with van der Waals surface area (Å²) in [5, 5.41) is 15.7. The maximum Gasteiger partial charge on any atom is 0.342 e. The highest BCUT2D eigenvalue weighted by molar-refractivity contribution is 5.93. The second-order valence-electron chi connectivity index (χ2n) is 5.50. The molecule has 29 heavy (non-hydrogen) atoms. The minimum absolute atomic E-state index is 0.0125. The predicted octanol–water partition coefficient (Wildman–Crippen LogP) is 2.08. The number of ether oxygens (including phenoxy) is 2. The molecule has 9 nitrogen and oxygen atoms in total. The average molecular weight is 404 g/mol. The lowest BCUT2D eigenvalue weighted by Crippen LogP contribution is -2.23. The van der Waals surface area contributed by atoms with Crippen LogP contribution in [0.15, 0.2) is 53.8 Å². The van der Waals surface area contributed by atoms with E-state index >= 15 is 0 Å². The lowest BCUT2D eigenvalue weighted by Gasteiger charge is -2.16. The van der Waals surface area contributed by atoms with E-state index in [4.69, 9.17) is 9.47 Å². The first-order valence-corrected chi connectivity index (χ1v) is 8.81. The van der Waals surface area contributed by atoms with Gasteiger partial charge in [0.25, 0.3) is 0 Å². The Labute approximate surface area is 168 Å². The number of oxime groups is 1. The number of para-hydroxylation sites is 1. The molecule has 1 atom stereocenters. The van der Waals surface area contributed by atoms with E-state index < -0.39 is 23.9 Å². The van der Waals surface area contributed by atoms with E-state index in [9.17, 15) is 19.5 Å². The van der Waals surface area contributed by atoms with Crippen LogP contribution in [0.1, 0.15) is 30.1 Å². The lowest BCUT2D eigenvalue weighted by atomic mass is 10.1. The molecule has 0 bridgehead atoms. The number of carbonyl (C=O) groups is 3. The molecule has 0 unspecified atom stereocenters. The van der Waals surface area contributed by atoms with E-state index in [1.165, 1.54) is 49.9 Å². The number of amides is 1. The van der Waals surface area contributed by atoms with Crippen molar-refractivity contribution in [1.82, 2.24) is 5.32 Å². The molecule has 156 valence electrons. The molecule has 0 aliphatic rings. The van der Waals surface area contributed by atoms with Crippen LogP contribution in [0.5, 0.6) is 5.75 Å². The highest BCUT2D eigenvalue weighted by atomic mass is 16.6. The van der Waals surface area contributed by atoms with Crippen LogP contribution in [-0.4, -0.2) is 49.0 Å². The second-order valence-corrected chi connectivity index (χ2v) is 5.50. The Kier molecular flexibility index (Phi) is 10.9. The summed E-state index contributed by atoms with van der Waals surface area (Å²) in [6, 6.07) is 5.92. The van der Waals surface area contributed by atoms with Gasteiger partial charge >= 0.3 is 11.9 Å². The predicted molar refractivity (Wildman–Crippen MR) is 105 cm³/mol. The number of nitrogens with one attached hydrogen (secondary N) is 1. The minimum atomic E-state index is -0.835. The number of hydrogen-bond donors (Lipinski definition) is 2.